The van der Waals surface area contributed by atoms with Crippen LogP contribution in [0, 0.1) is 52.3 Å². The van der Waals surface area contributed by atoms with Gasteiger partial charge in [-0.25, -0.2) is 4.79 Å². The third-order valence-electron chi connectivity index (χ3n) is 12.9. The number of rotatable bonds is 9. The highest BCUT2D eigenvalue weighted by atomic mass is 16.5. The van der Waals surface area contributed by atoms with Crippen LogP contribution >= 0.6 is 0 Å². The summed E-state index contributed by atoms with van der Waals surface area (Å²) < 4.78 is 11.1. The Morgan fingerprint density at radius 2 is 1.83 bits per heavy atom. The molecule has 4 nitrogen and oxygen atoms in total. The first-order chi connectivity index (χ1) is 20.0. The molecular formula is C38H56O4. The second-order valence-corrected chi connectivity index (χ2v) is 15.3. The fraction of sp³-hybridized carbons (Fsp3) is 0.711. The van der Waals surface area contributed by atoms with Crippen molar-refractivity contribution in [2.75, 3.05) is 7.11 Å². The van der Waals surface area contributed by atoms with E-state index in [-0.39, 0.29) is 23.2 Å². The second kappa shape index (κ2) is 12.4. The van der Waals surface area contributed by atoms with Crippen molar-refractivity contribution in [2.24, 2.45) is 52.3 Å². The Morgan fingerprint density at radius 1 is 1.05 bits per heavy atom. The van der Waals surface area contributed by atoms with Gasteiger partial charge in [-0.1, -0.05) is 72.1 Å². The van der Waals surface area contributed by atoms with Crippen LogP contribution in [0.5, 0.6) is 11.5 Å². The number of esters is 1. The van der Waals surface area contributed by atoms with Crippen molar-refractivity contribution < 1.29 is 19.4 Å². The first-order valence-corrected chi connectivity index (χ1v) is 16.9. The molecule has 1 N–H and O–H groups in total. The molecule has 0 heterocycles. The summed E-state index contributed by atoms with van der Waals surface area (Å²) in [5, 5.41) is 9.81. The monoisotopic (exact) mass is 576 g/mol. The van der Waals surface area contributed by atoms with Gasteiger partial charge in [-0.15, -0.1) is 0 Å². The summed E-state index contributed by atoms with van der Waals surface area (Å²) in [6.07, 6.45) is 18.3. The number of phenolic OH excluding ortho intramolecular Hbond substituents is 1. The number of hydrogen-bond donors (Lipinski definition) is 1. The molecule has 4 aliphatic carbocycles. The number of aromatic hydroxyl groups is 1. The number of benzene rings is 1. The number of methoxy groups -OCH3 is 1. The van der Waals surface area contributed by atoms with E-state index in [1.165, 1.54) is 58.1 Å². The maximum absolute atomic E-state index is 12.7. The molecule has 3 fully saturated rings. The molecule has 1 aromatic carbocycles. The first kappa shape index (κ1) is 31.2. The predicted molar refractivity (Wildman–Crippen MR) is 171 cm³/mol. The van der Waals surface area contributed by atoms with E-state index in [1.807, 2.05) is 0 Å². The number of allylic oxidation sites excluding steroid dienone is 1. The molecule has 0 amide bonds. The number of hydrogen-bond acceptors (Lipinski definition) is 4. The van der Waals surface area contributed by atoms with E-state index in [4.69, 9.17) is 9.47 Å². The minimum atomic E-state index is -0.299. The van der Waals surface area contributed by atoms with Gasteiger partial charge in [0.05, 0.1) is 7.11 Å². The van der Waals surface area contributed by atoms with E-state index in [2.05, 4.69) is 47.6 Å². The number of phenols is 1. The smallest absolute Gasteiger partial charge is 0.331 e. The number of carbonyl (C=O) groups excluding carboxylic acids is 1. The normalized spacial score (nSPS) is 35.6. The molecule has 9 atom stereocenters. The fourth-order valence-corrected chi connectivity index (χ4v) is 9.93. The van der Waals surface area contributed by atoms with Crippen LogP contribution < -0.4 is 4.74 Å². The molecule has 232 valence electrons. The third kappa shape index (κ3) is 5.93. The standard InChI is InChI=1S/C38H56O4/c1-24(2)25(3)8-9-26(4)31-14-15-32-30-13-12-28-23-29(18-20-37(28,5)33(30)19-21-38(31,32)6)42-36(40)17-11-27-10-16-34(39)35(22-27)41-7/h10-12,16-17,22,24-26,29-33,39H,8-9,13-15,18-21,23H2,1-7H3/b17-11+/t25?,26-,29+,30?,31-,32+,33+,37+,38-/m1/s1. The van der Waals surface area contributed by atoms with Crippen LogP contribution in [0.2, 0.25) is 0 Å². The van der Waals surface area contributed by atoms with Crippen LogP contribution in [0.15, 0.2) is 35.9 Å². The van der Waals surface area contributed by atoms with Gasteiger partial charge in [-0.05, 0) is 121 Å². The van der Waals surface area contributed by atoms with Gasteiger partial charge in [0.1, 0.15) is 6.10 Å². The minimum Gasteiger partial charge on any atom is -0.504 e. The second-order valence-electron chi connectivity index (χ2n) is 15.3. The Labute approximate surface area is 255 Å². The van der Waals surface area contributed by atoms with Gasteiger partial charge in [0.2, 0.25) is 0 Å². The van der Waals surface area contributed by atoms with Crippen molar-refractivity contribution in [3.8, 4) is 11.5 Å². The molecule has 5 rings (SSSR count). The number of fused-ring (bicyclic) bond motifs is 5. The average Bonchev–Trinajstić information content (AvgIpc) is 3.32. The topological polar surface area (TPSA) is 55.8 Å². The summed E-state index contributed by atoms with van der Waals surface area (Å²) >= 11 is 0. The molecule has 0 aromatic heterocycles. The average molecular weight is 577 g/mol. The molecule has 42 heavy (non-hydrogen) atoms. The van der Waals surface area contributed by atoms with E-state index in [9.17, 15) is 9.90 Å². The molecule has 0 saturated heterocycles. The van der Waals surface area contributed by atoms with Gasteiger partial charge >= 0.3 is 5.97 Å². The lowest BCUT2D eigenvalue weighted by Crippen LogP contribution is -2.51. The zero-order valence-corrected chi connectivity index (χ0v) is 27.3. The van der Waals surface area contributed by atoms with E-state index in [0.717, 1.165) is 66.3 Å². The highest BCUT2D eigenvalue weighted by molar-refractivity contribution is 5.87. The summed E-state index contributed by atoms with van der Waals surface area (Å²) in [6, 6.07) is 5.04. The largest absolute Gasteiger partial charge is 0.504 e. The fourth-order valence-electron chi connectivity index (χ4n) is 9.93. The summed E-state index contributed by atoms with van der Waals surface area (Å²) in [5.41, 5.74) is 3.09. The van der Waals surface area contributed by atoms with Gasteiger partial charge in [-0.2, -0.15) is 0 Å². The van der Waals surface area contributed by atoms with E-state index >= 15 is 0 Å². The first-order valence-electron chi connectivity index (χ1n) is 16.9. The van der Waals surface area contributed by atoms with Gasteiger partial charge in [0.25, 0.3) is 0 Å². The lowest BCUT2D eigenvalue weighted by Gasteiger charge is -2.58. The van der Waals surface area contributed by atoms with Crippen molar-refractivity contribution in [1.29, 1.82) is 0 Å². The zero-order chi connectivity index (χ0) is 30.2. The van der Waals surface area contributed by atoms with Crippen LogP contribution in [0.3, 0.4) is 0 Å². The Kier molecular flexibility index (Phi) is 9.22. The van der Waals surface area contributed by atoms with Gasteiger partial charge in [0.15, 0.2) is 11.5 Å². The van der Waals surface area contributed by atoms with Gasteiger partial charge < -0.3 is 14.6 Å². The van der Waals surface area contributed by atoms with Crippen LogP contribution in [0.1, 0.15) is 111 Å². The quantitative estimate of drug-likeness (QED) is 0.181. The lowest BCUT2D eigenvalue weighted by atomic mass is 9.47. The summed E-state index contributed by atoms with van der Waals surface area (Å²) in [6.45, 7) is 15.0. The summed E-state index contributed by atoms with van der Waals surface area (Å²) in [4.78, 5) is 12.7. The minimum absolute atomic E-state index is 0.0498. The highest BCUT2D eigenvalue weighted by Gasteiger charge is 2.59. The Balaban J connectivity index is 1.21. The van der Waals surface area contributed by atoms with Crippen LogP contribution in [-0.4, -0.2) is 24.3 Å². The Bertz CT molecular complexity index is 1180. The molecule has 0 radical (unpaired) electrons. The lowest BCUT2D eigenvalue weighted by molar-refractivity contribution is -0.145. The molecule has 4 heteroatoms. The van der Waals surface area contributed by atoms with Gasteiger partial charge in [0, 0.05) is 12.5 Å². The van der Waals surface area contributed by atoms with Crippen molar-refractivity contribution in [2.45, 2.75) is 112 Å². The van der Waals surface area contributed by atoms with Gasteiger partial charge in [-0.3, -0.25) is 0 Å². The molecule has 4 aliphatic rings. The number of carbonyl (C=O) groups is 1. The van der Waals surface area contributed by atoms with Crippen LogP contribution in [0.25, 0.3) is 6.08 Å². The van der Waals surface area contributed by atoms with Crippen molar-refractivity contribution >= 4 is 12.0 Å². The van der Waals surface area contributed by atoms with E-state index in [0.29, 0.717) is 11.2 Å². The molecule has 0 bridgehead atoms. The van der Waals surface area contributed by atoms with E-state index < -0.39 is 0 Å². The summed E-state index contributed by atoms with van der Waals surface area (Å²) in [7, 11) is 1.52. The predicted octanol–water partition coefficient (Wildman–Crippen LogP) is 9.61. The summed E-state index contributed by atoms with van der Waals surface area (Å²) in [5.74, 6) is 5.94. The molecule has 0 aliphatic heterocycles. The SMILES string of the molecule is COc1cc(/C=C/C(=O)O[C@H]2CC[C@@]3(C)C(=CCC4[C@@H]5CC[C@H]([C@H](C)CCC(C)C(C)C)[C@@]5(C)CC[C@@H]43)C2)ccc1O. The maximum atomic E-state index is 12.7. The van der Waals surface area contributed by atoms with Crippen molar-refractivity contribution in [1.82, 2.24) is 0 Å². The highest BCUT2D eigenvalue weighted by Crippen LogP contribution is 2.67. The van der Waals surface area contributed by atoms with Crippen molar-refractivity contribution in [3.05, 3.63) is 41.5 Å². The van der Waals surface area contributed by atoms with Crippen LogP contribution in [-0.2, 0) is 9.53 Å². The molecular weight excluding hydrogens is 520 g/mol. The molecule has 1 aromatic rings. The van der Waals surface area contributed by atoms with Crippen LogP contribution in [0.4, 0.5) is 0 Å². The zero-order valence-electron chi connectivity index (χ0n) is 27.3. The molecule has 3 saturated carbocycles. The van der Waals surface area contributed by atoms with Crippen molar-refractivity contribution in [3.63, 3.8) is 0 Å². The Hall–Kier alpha value is -2.23. The van der Waals surface area contributed by atoms with E-state index in [1.54, 1.807) is 29.8 Å². The molecule has 0 spiro atoms. The number of ether oxygens (including phenoxy) is 2. The third-order valence-corrected chi connectivity index (χ3v) is 12.9. The Morgan fingerprint density at radius 3 is 2.57 bits per heavy atom. The maximum Gasteiger partial charge on any atom is 0.331 e. The molecule has 2 unspecified atom stereocenters.